The Morgan fingerprint density at radius 2 is 1.21 bits per heavy atom. The maximum atomic E-state index is 9.92. The fourth-order valence-electron chi connectivity index (χ4n) is 3.68. The minimum Gasteiger partial charge on any atom is -0.240 e. The Kier molecular flexibility index (Phi) is 5.30. The van der Waals surface area contributed by atoms with Crippen LogP contribution in [0, 0.1) is 53.7 Å². The summed E-state index contributed by atoms with van der Waals surface area (Å²) in [7, 11) is 0. The first kappa shape index (κ1) is 20.9. The molecule has 0 bridgehead atoms. The first-order valence-corrected chi connectivity index (χ1v) is 8.71. The molecule has 2 aromatic carbocycles. The van der Waals surface area contributed by atoms with Crippen LogP contribution < -0.4 is 0 Å². The molecule has 0 fully saturated rings. The van der Waals surface area contributed by atoms with Crippen LogP contribution >= 0.6 is 0 Å². The van der Waals surface area contributed by atoms with Crippen molar-refractivity contribution in [3.05, 3.63) is 62.1 Å². The molecule has 6 heteroatoms. The van der Waals surface area contributed by atoms with Gasteiger partial charge in [0, 0.05) is 0 Å². The predicted molar refractivity (Wildman–Crippen MR) is 110 cm³/mol. The van der Waals surface area contributed by atoms with Crippen molar-refractivity contribution in [1.82, 2.24) is 0 Å². The molecular formula is C23H16N6. The molecule has 0 saturated carbocycles. The van der Waals surface area contributed by atoms with Crippen LogP contribution in [0.4, 0.5) is 17.1 Å². The van der Waals surface area contributed by atoms with Crippen molar-refractivity contribution in [1.29, 1.82) is 15.8 Å². The van der Waals surface area contributed by atoms with E-state index < -0.39 is 5.41 Å². The van der Waals surface area contributed by atoms with Gasteiger partial charge in [-0.15, -0.1) is 0 Å². The van der Waals surface area contributed by atoms with Crippen LogP contribution in [0.1, 0.15) is 68.4 Å². The molecule has 2 aromatic rings. The SMILES string of the molecule is [C-]#[N+]c1c(C(C)(C)C)c([N+]#[C-])c2c([N+]#[C-])c(C#N)c(C(C)C)c(C#N)c2c1C#N. The van der Waals surface area contributed by atoms with Gasteiger partial charge in [-0.05, 0) is 33.2 Å². The van der Waals surface area contributed by atoms with E-state index in [1.165, 1.54) is 0 Å². The van der Waals surface area contributed by atoms with Gasteiger partial charge in [-0.2, -0.15) is 15.8 Å². The van der Waals surface area contributed by atoms with E-state index in [1.54, 1.807) is 13.8 Å². The largest absolute Gasteiger partial charge is 0.240 e. The average molecular weight is 376 g/mol. The van der Waals surface area contributed by atoms with Crippen LogP contribution in [0.2, 0.25) is 0 Å². The molecule has 0 N–H and O–H groups in total. The highest BCUT2D eigenvalue weighted by atomic mass is 14.8. The number of benzene rings is 2. The molecule has 0 aliphatic carbocycles. The number of nitrogens with zero attached hydrogens (tertiary/aromatic N) is 6. The smallest absolute Gasteiger partial charge is 0.202 e. The van der Waals surface area contributed by atoms with Crippen molar-refractivity contribution in [3.8, 4) is 18.2 Å². The van der Waals surface area contributed by atoms with Crippen LogP contribution in [-0.2, 0) is 5.41 Å². The molecule has 0 radical (unpaired) electrons. The summed E-state index contributed by atoms with van der Waals surface area (Å²) in [5.41, 5.74) is 0.151. The maximum Gasteiger partial charge on any atom is 0.202 e. The Hall–Kier alpha value is -4.36. The van der Waals surface area contributed by atoms with Gasteiger partial charge in [-0.3, -0.25) is 0 Å². The normalized spacial score (nSPS) is 10.3. The minimum absolute atomic E-state index is 0.0188. The summed E-state index contributed by atoms with van der Waals surface area (Å²) in [6.07, 6.45) is 0. The third-order valence-electron chi connectivity index (χ3n) is 4.71. The Labute approximate surface area is 170 Å². The van der Waals surface area contributed by atoms with Crippen molar-refractivity contribution in [2.75, 3.05) is 0 Å². The molecule has 0 saturated heterocycles. The molecule has 0 aliphatic rings. The van der Waals surface area contributed by atoms with Crippen molar-refractivity contribution >= 4 is 27.8 Å². The van der Waals surface area contributed by atoms with Gasteiger partial charge in [0.15, 0.2) is 11.4 Å². The lowest BCUT2D eigenvalue weighted by Gasteiger charge is -2.26. The van der Waals surface area contributed by atoms with Crippen LogP contribution in [0.25, 0.3) is 25.3 Å². The summed E-state index contributed by atoms with van der Waals surface area (Å²) in [4.78, 5) is 10.7. The van der Waals surface area contributed by atoms with Crippen molar-refractivity contribution in [3.63, 3.8) is 0 Å². The Bertz CT molecular complexity index is 1310. The molecule has 0 amide bonds. The molecule has 0 heterocycles. The summed E-state index contributed by atoms with van der Waals surface area (Å²) in [6.45, 7) is 32.2. The summed E-state index contributed by atoms with van der Waals surface area (Å²) < 4.78 is 0. The van der Waals surface area contributed by atoms with E-state index in [0.717, 1.165) is 0 Å². The molecule has 0 unspecified atom stereocenters. The predicted octanol–water partition coefficient (Wildman–Crippen LogP) is 6.53. The molecule has 0 aliphatic heterocycles. The van der Waals surface area contributed by atoms with Gasteiger partial charge < -0.3 is 0 Å². The van der Waals surface area contributed by atoms with Gasteiger partial charge in [0.2, 0.25) is 5.69 Å². The lowest BCUT2D eigenvalue weighted by Crippen LogP contribution is -2.13. The second-order valence-electron chi connectivity index (χ2n) is 7.79. The number of nitriles is 3. The topological polar surface area (TPSA) is 84.5 Å². The van der Waals surface area contributed by atoms with Gasteiger partial charge >= 0.3 is 0 Å². The maximum absolute atomic E-state index is 9.92. The first-order valence-electron chi connectivity index (χ1n) is 8.71. The highest BCUT2D eigenvalue weighted by Gasteiger charge is 2.33. The molecule has 0 aromatic heterocycles. The van der Waals surface area contributed by atoms with E-state index in [-0.39, 0.29) is 50.4 Å². The van der Waals surface area contributed by atoms with Crippen LogP contribution in [0.3, 0.4) is 0 Å². The third-order valence-corrected chi connectivity index (χ3v) is 4.71. The lowest BCUT2D eigenvalue weighted by atomic mass is 9.78. The average Bonchev–Trinajstić information content (AvgIpc) is 2.68. The molecule has 2 rings (SSSR count). The van der Waals surface area contributed by atoms with Crippen molar-refractivity contribution < 1.29 is 0 Å². The van der Waals surface area contributed by atoms with E-state index >= 15 is 0 Å². The Balaban J connectivity index is 3.62. The quantitative estimate of drug-likeness (QED) is 0.530. The number of fused-ring (bicyclic) bond motifs is 1. The molecule has 6 nitrogen and oxygen atoms in total. The van der Waals surface area contributed by atoms with E-state index in [2.05, 4.69) is 20.6 Å². The molecule has 138 valence electrons. The zero-order chi connectivity index (χ0) is 22.1. The van der Waals surface area contributed by atoms with E-state index in [9.17, 15) is 15.8 Å². The fourth-order valence-corrected chi connectivity index (χ4v) is 3.68. The van der Waals surface area contributed by atoms with Crippen molar-refractivity contribution in [2.45, 2.75) is 46.0 Å². The second kappa shape index (κ2) is 7.34. The van der Waals surface area contributed by atoms with Gasteiger partial charge in [-0.25, -0.2) is 14.5 Å². The first-order chi connectivity index (χ1) is 13.6. The Morgan fingerprint density at radius 3 is 1.55 bits per heavy atom. The number of hydrogen-bond acceptors (Lipinski definition) is 3. The minimum atomic E-state index is -0.671. The van der Waals surface area contributed by atoms with Crippen LogP contribution in [-0.4, -0.2) is 0 Å². The van der Waals surface area contributed by atoms with Crippen molar-refractivity contribution in [2.24, 2.45) is 0 Å². The number of rotatable bonds is 1. The summed E-state index contributed by atoms with van der Waals surface area (Å²) in [6, 6.07) is 6.13. The monoisotopic (exact) mass is 376 g/mol. The van der Waals surface area contributed by atoms with Crippen LogP contribution in [0.15, 0.2) is 0 Å². The van der Waals surface area contributed by atoms with Gasteiger partial charge in [0.25, 0.3) is 0 Å². The van der Waals surface area contributed by atoms with Crippen LogP contribution in [0.5, 0.6) is 0 Å². The van der Waals surface area contributed by atoms with Gasteiger partial charge in [0.05, 0.1) is 54.6 Å². The fraction of sp³-hybridized carbons (Fsp3) is 0.304. The highest BCUT2D eigenvalue weighted by molar-refractivity contribution is 6.15. The summed E-state index contributed by atoms with van der Waals surface area (Å²) in [5.74, 6) is -0.272. The second-order valence-corrected chi connectivity index (χ2v) is 7.79. The van der Waals surface area contributed by atoms with E-state index in [4.69, 9.17) is 19.7 Å². The zero-order valence-corrected chi connectivity index (χ0v) is 16.8. The third kappa shape index (κ3) is 2.91. The van der Waals surface area contributed by atoms with Gasteiger partial charge in [-0.1, -0.05) is 34.6 Å². The standard InChI is InChI=1S/C23H16N6/c1-12(2)16-13(9-24)17-15(11-26)21(28-7)19(23(3,4)5)22(29-8)18(17)20(27-6)14(16)10-25/h12H,1-5H3. The lowest BCUT2D eigenvalue weighted by molar-refractivity contribution is 0.596. The molecule has 0 spiro atoms. The molecular weight excluding hydrogens is 360 g/mol. The highest BCUT2D eigenvalue weighted by Crippen LogP contribution is 2.52. The summed E-state index contributed by atoms with van der Waals surface area (Å²) in [5, 5.41) is 29.9. The van der Waals surface area contributed by atoms with E-state index in [1.807, 2.05) is 32.9 Å². The molecule has 29 heavy (non-hydrogen) atoms. The Morgan fingerprint density at radius 1 is 0.724 bits per heavy atom. The number of hydrogen-bond donors (Lipinski definition) is 0. The van der Waals surface area contributed by atoms with E-state index in [0.29, 0.717) is 11.1 Å². The van der Waals surface area contributed by atoms with Gasteiger partial charge in [0.1, 0.15) is 0 Å². The summed E-state index contributed by atoms with van der Waals surface area (Å²) >= 11 is 0. The molecule has 0 atom stereocenters. The zero-order valence-electron chi connectivity index (χ0n) is 16.8.